The van der Waals surface area contributed by atoms with Crippen molar-refractivity contribution in [2.45, 2.75) is 6.92 Å². The lowest BCUT2D eigenvalue weighted by atomic mass is 10.1. The molecule has 27 heavy (non-hydrogen) atoms. The minimum Gasteiger partial charge on any atom is -0.287 e. The number of hydrogen-bond acceptors (Lipinski definition) is 4. The van der Waals surface area contributed by atoms with Crippen LogP contribution >= 0.6 is 27.3 Å². The quantitative estimate of drug-likeness (QED) is 0.412. The number of amides is 1. The van der Waals surface area contributed by atoms with E-state index < -0.39 is 0 Å². The zero-order valence-electron chi connectivity index (χ0n) is 14.8. The molecule has 0 saturated carbocycles. The fraction of sp³-hybridized carbons (Fsp3) is 0.0952. The Kier molecular flexibility index (Phi) is 4.76. The lowest BCUT2D eigenvalue weighted by Crippen LogP contribution is -2.27. The summed E-state index contributed by atoms with van der Waals surface area (Å²) in [4.78, 5) is 23.8. The molecule has 0 bridgehead atoms. The van der Waals surface area contributed by atoms with Crippen LogP contribution in [0, 0.1) is 6.92 Å². The predicted octanol–water partition coefficient (Wildman–Crippen LogP) is 5.71. The van der Waals surface area contributed by atoms with E-state index in [0.717, 1.165) is 25.9 Å². The maximum Gasteiger partial charge on any atom is 0.261 e. The normalized spacial score (nSPS) is 10.9. The molecule has 0 spiro atoms. The van der Waals surface area contributed by atoms with Crippen LogP contribution < -0.4 is 4.90 Å². The van der Waals surface area contributed by atoms with E-state index in [1.807, 2.05) is 67.6 Å². The van der Waals surface area contributed by atoms with Crippen molar-refractivity contribution >= 4 is 48.5 Å². The second kappa shape index (κ2) is 7.21. The Morgan fingerprint density at radius 2 is 1.85 bits per heavy atom. The van der Waals surface area contributed by atoms with Gasteiger partial charge in [0.05, 0.1) is 27.2 Å². The Labute approximate surface area is 169 Å². The molecule has 134 valence electrons. The molecule has 0 unspecified atom stereocenters. The number of pyridine rings is 1. The van der Waals surface area contributed by atoms with Crippen LogP contribution in [-0.4, -0.2) is 22.9 Å². The van der Waals surface area contributed by atoms with Gasteiger partial charge in [0.25, 0.3) is 5.91 Å². The average molecular weight is 438 g/mol. The van der Waals surface area contributed by atoms with Gasteiger partial charge in [-0.05, 0) is 43.3 Å². The van der Waals surface area contributed by atoms with Crippen molar-refractivity contribution in [1.29, 1.82) is 0 Å². The summed E-state index contributed by atoms with van der Waals surface area (Å²) in [7, 11) is 1.75. The van der Waals surface area contributed by atoms with Crippen LogP contribution in [0.15, 0.2) is 65.1 Å². The highest BCUT2D eigenvalue weighted by Crippen LogP contribution is 2.29. The van der Waals surface area contributed by atoms with Gasteiger partial charge in [0.1, 0.15) is 0 Å². The van der Waals surface area contributed by atoms with Gasteiger partial charge in [-0.25, -0.2) is 4.98 Å². The first kappa shape index (κ1) is 17.8. The van der Waals surface area contributed by atoms with Gasteiger partial charge < -0.3 is 0 Å². The molecular weight excluding hydrogens is 422 g/mol. The van der Waals surface area contributed by atoms with Crippen LogP contribution in [0.5, 0.6) is 0 Å². The minimum absolute atomic E-state index is 0.111. The van der Waals surface area contributed by atoms with E-state index in [9.17, 15) is 4.79 Å². The first-order valence-corrected chi connectivity index (χ1v) is 10.0. The van der Waals surface area contributed by atoms with Gasteiger partial charge >= 0.3 is 0 Å². The minimum atomic E-state index is -0.111. The van der Waals surface area contributed by atoms with E-state index in [2.05, 4.69) is 25.9 Å². The van der Waals surface area contributed by atoms with Crippen molar-refractivity contribution in [2.24, 2.45) is 0 Å². The summed E-state index contributed by atoms with van der Waals surface area (Å²) >= 11 is 4.98. The van der Waals surface area contributed by atoms with Crippen LogP contribution in [0.1, 0.15) is 16.1 Å². The number of para-hydroxylation sites is 1. The van der Waals surface area contributed by atoms with E-state index in [0.29, 0.717) is 16.4 Å². The standard InChI is InChI=1S/C21H16BrN3OS/c1-13-16(10-11-17(23-13)14-6-5-7-15(22)12-14)20(26)25(2)21-24-18-8-3-4-9-19(18)27-21/h3-12H,1-2H3. The van der Waals surface area contributed by atoms with Crippen molar-refractivity contribution in [3.05, 3.63) is 76.4 Å². The first-order chi connectivity index (χ1) is 13.0. The van der Waals surface area contributed by atoms with Crippen LogP contribution in [0.4, 0.5) is 5.13 Å². The van der Waals surface area contributed by atoms with E-state index in [-0.39, 0.29) is 5.91 Å². The molecule has 4 aromatic rings. The van der Waals surface area contributed by atoms with E-state index in [1.165, 1.54) is 11.3 Å². The third-order valence-corrected chi connectivity index (χ3v) is 5.92. The molecule has 0 radical (unpaired) electrons. The van der Waals surface area contributed by atoms with Crippen LogP contribution in [0.25, 0.3) is 21.5 Å². The molecule has 0 aliphatic heterocycles. The number of carbonyl (C=O) groups is 1. The molecule has 0 aliphatic rings. The smallest absolute Gasteiger partial charge is 0.261 e. The molecule has 0 N–H and O–H groups in total. The molecule has 2 heterocycles. The number of aryl methyl sites for hydroxylation is 1. The van der Waals surface area contributed by atoms with Gasteiger partial charge in [-0.2, -0.15) is 0 Å². The second-order valence-electron chi connectivity index (χ2n) is 6.17. The number of thiazole rings is 1. The Morgan fingerprint density at radius 1 is 1.04 bits per heavy atom. The molecule has 0 aliphatic carbocycles. The maximum atomic E-state index is 13.0. The van der Waals surface area contributed by atoms with E-state index >= 15 is 0 Å². The number of carbonyl (C=O) groups excluding carboxylic acids is 1. The number of anilines is 1. The van der Waals surface area contributed by atoms with Gasteiger partial charge in [-0.1, -0.05) is 51.5 Å². The first-order valence-electron chi connectivity index (χ1n) is 8.40. The number of hydrogen-bond donors (Lipinski definition) is 0. The summed E-state index contributed by atoms with van der Waals surface area (Å²) in [5.41, 5.74) is 4.02. The molecule has 2 aromatic heterocycles. The van der Waals surface area contributed by atoms with Crippen molar-refractivity contribution in [1.82, 2.24) is 9.97 Å². The number of rotatable bonds is 3. The summed E-state index contributed by atoms with van der Waals surface area (Å²) < 4.78 is 2.06. The van der Waals surface area contributed by atoms with Gasteiger partial charge in [-0.15, -0.1) is 0 Å². The molecule has 1 amide bonds. The number of benzene rings is 2. The lowest BCUT2D eigenvalue weighted by molar-refractivity contribution is 0.0992. The lowest BCUT2D eigenvalue weighted by Gasteiger charge is -2.15. The van der Waals surface area contributed by atoms with Gasteiger partial charge in [0.15, 0.2) is 5.13 Å². The molecule has 0 saturated heterocycles. The number of aromatic nitrogens is 2. The molecule has 4 rings (SSSR count). The Balaban J connectivity index is 1.65. The monoisotopic (exact) mass is 437 g/mol. The Morgan fingerprint density at radius 3 is 2.59 bits per heavy atom. The third kappa shape index (κ3) is 3.50. The molecule has 2 aromatic carbocycles. The summed E-state index contributed by atoms with van der Waals surface area (Å²) in [5.74, 6) is -0.111. The van der Waals surface area contributed by atoms with Crippen molar-refractivity contribution in [2.75, 3.05) is 11.9 Å². The third-order valence-electron chi connectivity index (χ3n) is 4.31. The van der Waals surface area contributed by atoms with Gasteiger partial charge in [-0.3, -0.25) is 14.7 Å². The van der Waals surface area contributed by atoms with Gasteiger partial charge in [0.2, 0.25) is 0 Å². The molecule has 6 heteroatoms. The van der Waals surface area contributed by atoms with Crippen LogP contribution in [0.2, 0.25) is 0 Å². The fourth-order valence-corrected chi connectivity index (χ4v) is 4.19. The summed E-state index contributed by atoms with van der Waals surface area (Å²) in [5, 5.41) is 0.677. The number of halogens is 1. The van der Waals surface area contributed by atoms with E-state index in [4.69, 9.17) is 0 Å². The predicted molar refractivity (Wildman–Crippen MR) is 114 cm³/mol. The van der Waals surface area contributed by atoms with Gasteiger partial charge in [0, 0.05) is 17.1 Å². The highest BCUT2D eigenvalue weighted by molar-refractivity contribution is 9.10. The second-order valence-corrected chi connectivity index (χ2v) is 8.09. The Bertz CT molecular complexity index is 1120. The van der Waals surface area contributed by atoms with Crippen molar-refractivity contribution in [3.8, 4) is 11.3 Å². The number of fused-ring (bicyclic) bond motifs is 1. The van der Waals surface area contributed by atoms with E-state index in [1.54, 1.807) is 11.9 Å². The molecule has 4 nitrogen and oxygen atoms in total. The SMILES string of the molecule is Cc1nc(-c2cccc(Br)c2)ccc1C(=O)N(C)c1nc2ccccc2s1. The number of nitrogens with zero attached hydrogens (tertiary/aromatic N) is 3. The fourth-order valence-electron chi connectivity index (χ4n) is 2.87. The zero-order valence-corrected chi connectivity index (χ0v) is 17.2. The topological polar surface area (TPSA) is 46.1 Å². The van der Waals surface area contributed by atoms with Crippen molar-refractivity contribution < 1.29 is 4.79 Å². The maximum absolute atomic E-state index is 13.0. The Hall–Kier alpha value is -2.57. The highest BCUT2D eigenvalue weighted by atomic mass is 79.9. The zero-order chi connectivity index (χ0) is 19.0. The summed E-state index contributed by atoms with van der Waals surface area (Å²) in [6.45, 7) is 1.86. The molecule has 0 atom stereocenters. The summed E-state index contributed by atoms with van der Waals surface area (Å²) in [6, 6.07) is 19.6. The highest BCUT2D eigenvalue weighted by Gasteiger charge is 2.20. The summed E-state index contributed by atoms with van der Waals surface area (Å²) in [6.07, 6.45) is 0. The largest absolute Gasteiger partial charge is 0.287 e. The average Bonchev–Trinajstić information content (AvgIpc) is 3.11. The van der Waals surface area contributed by atoms with Crippen LogP contribution in [0.3, 0.4) is 0 Å². The molecular formula is C21H16BrN3OS. The van der Waals surface area contributed by atoms with Crippen LogP contribution in [-0.2, 0) is 0 Å². The molecule has 0 fully saturated rings. The van der Waals surface area contributed by atoms with Crippen molar-refractivity contribution in [3.63, 3.8) is 0 Å².